The van der Waals surface area contributed by atoms with Gasteiger partial charge in [-0.15, -0.1) is 21.5 Å². The smallest absolute Gasteiger partial charge is 0.166 e. The number of aryl methyl sites for hydroxylation is 3. The maximum absolute atomic E-state index is 10.9. The van der Waals surface area contributed by atoms with Crippen molar-refractivity contribution >= 4 is 34.3 Å². The molecule has 10 heteroatoms. The molecule has 1 saturated carbocycles. The van der Waals surface area contributed by atoms with E-state index in [1.165, 1.54) is 10.4 Å². The minimum atomic E-state index is -0.687. The van der Waals surface area contributed by atoms with Crippen LogP contribution in [-0.2, 0) is 18.4 Å². The first-order chi connectivity index (χ1) is 17.8. The summed E-state index contributed by atoms with van der Waals surface area (Å²) in [5.74, 6) is 2.81. The quantitative estimate of drug-likeness (QED) is 0.338. The van der Waals surface area contributed by atoms with Gasteiger partial charge in [0.05, 0.1) is 5.71 Å². The van der Waals surface area contributed by atoms with Crippen LogP contribution in [0.1, 0.15) is 63.9 Å². The average molecular weight is 535 g/mol. The Morgan fingerprint density at radius 1 is 1.22 bits per heavy atom. The second-order valence-electron chi connectivity index (χ2n) is 10.4. The molecule has 2 aliphatic carbocycles. The van der Waals surface area contributed by atoms with Gasteiger partial charge in [-0.2, -0.15) is 0 Å². The van der Waals surface area contributed by atoms with Crippen molar-refractivity contribution < 1.29 is 9.63 Å². The largest absolute Gasteiger partial charge is 0.374 e. The third-order valence-corrected chi connectivity index (χ3v) is 9.37. The zero-order valence-electron chi connectivity index (χ0n) is 20.9. The van der Waals surface area contributed by atoms with E-state index in [1.807, 2.05) is 39.0 Å². The number of aliphatic hydroxyl groups is 1. The Kier molecular flexibility index (Phi) is 5.15. The summed E-state index contributed by atoms with van der Waals surface area (Å²) < 4.78 is 7.46. The number of hydrogen-bond acceptors (Lipinski definition) is 8. The number of benzene rings is 1. The fourth-order valence-corrected chi connectivity index (χ4v) is 7.55. The summed E-state index contributed by atoms with van der Waals surface area (Å²) in [6.45, 7) is 5.74. The zero-order valence-corrected chi connectivity index (χ0v) is 22.4. The number of nitrogens with zero attached hydrogens (tertiary/aromatic N) is 5. The molecular formula is C27H27ClN6O2S. The van der Waals surface area contributed by atoms with Crippen molar-refractivity contribution in [3.05, 3.63) is 74.0 Å². The molecule has 4 aromatic rings. The van der Waals surface area contributed by atoms with Crippen molar-refractivity contribution in [3.63, 3.8) is 0 Å². The summed E-state index contributed by atoms with van der Waals surface area (Å²) >= 11 is 8.55. The van der Waals surface area contributed by atoms with E-state index in [-0.39, 0.29) is 5.54 Å². The molecule has 8 nitrogen and oxygen atoms in total. The molecule has 1 aromatic carbocycles. The molecule has 1 aliphatic heterocycles. The van der Waals surface area contributed by atoms with E-state index in [0.29, 0.717) is 23.1 Å². The maximum atomic E-state index is 10.9. The first-order valence-corrected chi connectivity index (χ1v) is 13.8. The van der Waals surface area contributed by atoms with E-state index in [1.54, 1.807) is 11.3 Å². The first kappa shape index (κ1) is 23.1. The molecule has 0 bridgehead atoms. The molecule has 7 rings (SSSR count). The molecule has 0 saturated heterocycles. The van der Waals surface area contributed by atoms with Gasteiger partial charge in [0.1, 0.15) is 34.0 Å². The molecule has 190 valence electrons. The molecule has 0 radical (unpaired) electrons. The number of fused-ring (bicyclic) bond motifs is 6. The third-order valence-electron chi connectivity index (χ3n) is 7.80. The van der Waals surface area contributed by atoms with Crippen LogP contribution >= 0.6 is 22.9 Å². The molecule has 2 atom stereocenters. The van der Waals surface area contributed by atoms with Crippen molar-refractivity contribution in [3.8, 4) is 5.00 Å². The van der Waals surface area contributed by atoms with E-state index in [9.17, 15) is 5.11 Å². The number of rotatable bonds is 5. The van der Waals surface area contributed by atoms with Crippen molar-refractivity contribution in [1.82, 2.24) is 19.9 Å². The minimum Gasteiger partial charge on any atom is -0.374 e. The Hall–Kier alpha value is -3.01. The Labute approximate surface area is 223 Å². The topological polar surface area (TPSA) is 101 Å². The highest BCUT2D eigenvalue weighted by Gasteiger charge is 2.52. The summed E-state index contributed by atoms with van der Waals surface area (Å²) in [7, 11) is 0. The van der Waals surface area contributed by atoms with Crippen LogP contribution in [0.3, 0.4) is 0 Å². The lowest BCUT2D eigenvalue weighted by Gasteiger charge is -2.18. The molecule has 3 aliphatic rings. The molecule has 1 fully saturated rings. The van der Waals surface area contributed by atoms with Crippen LogP contribution in [0.2, 0.25) is 5.02 Å². The standard InChI is InChI=1S/C27H27ClN6O2S/c1-13-23(14(2)36-33-13)29-21(35)12-16-10-18-20(11-16)37-25-22(18)24(17-6-4-5-7-19(17)28)30-27(8-9-27)26-32-31-15(3)34(25)26/h4-7,16,21,29,35H,8-12H2,1-3H3/t16-,21?/m0/s1. The molecular weight excluding hydrogens is 508 g/mol. The van der Waals surface area contributed by atoms with Gasteiger partial charge in [0.25, 0.3) is 0 Å². The third kappa shape index (κ3) is 3.59. The number of anilines is 1. The fraction of sp³-hybridized carbons (Fsp3) is 0.407. The molecule has 1 unspecified atom stereocenters. The van der Waals surface area contributed by atoms with Gasteiger partial charge in [-0.1, -0.05) is 35.0 Å². The minimum absolute atomic E-state index is 0.307. The maximum Gasteiger partial charge on any atom is 0.166 e. The molecule has 3 aromatic heterocycles. The van der Waals surface area contributed by atoms with Crippen molar-refractivity contribution in [2.45, 2.75) is 64.6 Å². The molecule has 0 amide bonds. The monoisotopic (exact) mass is 534 g/mol. The van der Waals surface area contributed by atoms with E-state index in [0.717, 1.165) is 70.6 Å². The summed E-state index contributed by atoms with van der Waals surface area (Å²) in [5, 5.41) is 28.9. The number of halogens is 1. The highest BCUT2D eigenvalue weighted by molar-refractivity contribution is 7.15. The van der Waals surface area contributed by atoms with Gasteiger partial charge in [-0.05, 0) is 70.4 Å². The predicted octanol–water partition coefficient (Wildman–Crippen LogP) is 5.27. The molecule has 2 N–H and O–H groups in total. The van der Waals surface area contributed by atoms with Crippen LogP contribution in [0.25, 0.3) is 5.00 Å². The SMILES string of the molecule is Cc1noc(C)c1NC(O)C[C@@H]1Cc2sc3c(c2C1)C(c1ccccc1Cl)=NC1(CC1)c1nnc(C)n1-3. The van der Waals surface area contributed by atoms with Crippen LogP contribution in [-0.4, -0.2) is 37.0 Å². The van der Waals surface area contributed by atoms with Gasteiger partial charge in [0, 0.05) is 21.0 Å². The fourth-order valence-electron chi connectivity index (χ4n) is 5.83. The highest BCUT2D eigenvalue weighted by atomic mass is 35.5. The highest BCUT2D eigenvalue weighted by Crippen LogP contribution is 2.54. The lowest BCUT2D eigenvalue weighted by Crippen LogP contribution is -2.23. The van der Waals surface area contributed by atoms with Gasteiger partial charge in [0.2, 0.25) is 0 Å². The first-order valence-electron chi connectivity index (χ1n) is 12.6. The van der Waals surface area contributed by atoms with Gasteiger partial charge < -0.3 is 14.9 Å². The summed E-state index contributed by atoms with van der Waals surface area (Å²) in [5.41, 5.74) is 5.55. The van der Waals surface area contributed by atoms with Crippen LogP contribution in [0.4, 0.5) is 5.69 Å². The Bertz CT molecular complexity index is 1560. The van der Waals surface area contributed by atoms with Crippen LogP contribution in [0.15, 0.2) is 33.8 Å². The summed E-state index contributed by atoms with van der Waals surface area (Å²) in [6.07, 6.45) is 3.63. The zero-order chi connectivity index (χ0) is 25.5. The number of aromatic nitrogens is 4. The molecule has 1 spiro atoms. The van der Waals surface area contributed by atoms with E-state index >= 15 is 0 Å². The molecule has 4 heterocycles. The normalized spacial score (nSPS) is 19.7. The van der Waals surface area contributed by atoms with Crippen LogP contribution < -0.4 is 5.32 Å². The lowest BCUT2D eigenvalue weighted by molar-refractivity contribution is 0.170. The molecule has 37 heavy (non-hydrogen) atoms. The summed E-state index contributed by atoms with van der Waals surface area (Å²) in [6, 6.07) is 7.97. The van der Waals surface area contributed by atoms with Crippen molar-refractivity contribution in [2.24, 2.45) is 10.9 Å². The van der Waals surface area contributed by atoms with Gasteiger partial charge >= 0.3 is 0 Å². The second kappa shape index (κ2) is 8.24. The lowest BCUT2D eigenvalue weighted by atomic mass is 9.96. The number of aliphatic hydroxyl groups excluding tert-OH is 1. The second-order valence-corrected chi connectivity index (χ2v) is 11.9. The van der Waals surface area contributed by atoms with Crippen molar-refractivity contribution in [2.75, 3.05) is 5.32 Å². The van der Waals surface area contributed by atoms with E-state index < -0.39 is 6.23 Å². The summed E-state index contributed by atoms with van der Waals surface area (Å²) in [4.78, 5) is 6.73. The van der Waals surface area contributed by atoms with Gasteiger partial charge in [-0.25, -0.2) is 0 Å². The number of aliphatic imine (C=N–C) groups is 1. The number of hydrogen-bond donors (Lipinski definition) is 2. The predicted molar refractivity (Wildman–Crippen MR) is 143 cm³/mol. The number of nitrogens with one attached hydrogen (secondary N) is 1. The number of thiophene rings is 1. The van der Waals surface area contributed by atoms with E-state index in [2.05, 4.69) is 31.3 Å². The van der Waals surface area contributed by atoms with Crippen LogP contribution in [0.5, 0.6) is 0 Å². The Morgan fingerprint density at radius 2 is 2.03 bits per heavy atom. The van der Waals surface area contributed by atoms with Crippen molar-refractivity contribution in [1.29, 1.82) is 0 Å². The Morgan fingerprint density at radius 3 is 2.76 bits per heavy atom. The van der Waals surface area contributed by atoms with Crippen LogP contribution in [0, 0.1) is 26.7 Å². The van der Waals surface area contributed by atoms with Gasteiger partial charge in [0.15, 0.2) is 11.6 Å². The van der Waals surface area contributed by atoms with E-state index in [4.69, 9.17) is 21.1 Å². The average Bonchev–Trinajstić information content (AvgIpc) is 3.07. The van der Waals surface area contributed by atoms with Gasteiger partial charge in [-0.3, -0.25) is 9.56 Å². The Balaban J connectivity index is 1.28.